The summed E-state index contributed by atoms with van der Waals surface area (Å²) in [6.07, 6.45) is 0. The van der Waals surface area contributed by atoms with E-state index in [1.165, 1.54) is 0 Å². The van der Waals surface area contributed by atoms with Crippen molar-refractivity contribution < 1.29 is 4.79 Å². The Morgan fingerprint density at radius 3 is 2.27 bits per heavy atom. The van der Waals surface area contributed by atoms with Gasteiger partial charge in [0.2, 0.25) is 4.91 Å². The van der Waals surface area contributed by atoms with Crippen LogP contribution >= 0.6 is 0 Å². The van der Waals surface area contributed by atoms with Gasteiger partial charge in [0.05, 0.1) is 5.41 Å². The van der Waals surface area contributed by atoms with Gasteiger partial charge in [-0.15, -0.1) is 0 Å². The fourth-order valence-corrected chi connectivity index (χ4v) is 0.421. The van der Waals surface area contributed by atoms with Crippen LogP contribution in [-0.4, -0.2) is 5.91 Å². The van der Waals surface area contributed by atoms with Gasteiger partial charge in [0.25, 0.3) is 0 Å². The van der Waals surface area contributed by atoms with Gasteiger partial charge in [-0.3, -0.25) is 4.79 Å². The second-order valence-corrected chi connectivity index (χ2v) is 3.38. The molecule has 1 amide bonds. The first-order valence-electron chi connectivity index (χ1n) is 3.54. The maximum atomic E-state index is 11.1. The Hall–Kier alpha value is -1.02. The standard InChI is InChI=1S/C7H14N3O/c1-5(2)7(3,4)6(11)9-10-8/h5,8H,1-4H3/q+1. The monoisotopic (exact) mass is 156 g/mol. The van der Waals surface area contributed by atoms with Gasteiger partial charge < -0.3 is 0 Å². The van der Waals surface area contributed by atoms with Gasteiger partial charge in [-0.05, 0) is 5.92 Å². The van der Waals surface area contributed by atoms with Gasteiger partial charge in [-0.2, -0.15) is 0 Å². The summed E-state index contributed by atoms with van der Waals surface area (Å²) in [4.78, 5) is 13.8. The molecule has 0 unspecified atom stereocenters. The molecule has 0 heterocycles. The predicted octanol–water partition coefficient (Wildman–Crippen LogP) is 1.75. The van der Waals surface area contributed by atoms with Crippen molar-refractivity contribution in [1.82, 2.24) is 4.91 Å². The lowest BCUT2D eigenvalue weighted by Crippen LogP contribution is -2.28. The third kappa shape index (κ3) is 2.24. The Morgan fingerprint density at radius 1 is 1.55 bits per heavy atom. The molecule has 62 valence electrons. The zero-order chi connectivity index (χ0) is 9.07. The van der Waals surface area contributed by atoms with Crippen LogP contribution in [0.5, 0.6) is 0 Å². The summed E-state index contributed by atoms with van der Waals surface area (Å²) >= 11 is 0. The number of hydrogen-bond donors (Lipinski definition) is 1. The fourth-order valence-electron chi connectivity index (χ4n) is 0.421. The molecule has 0 aliphatic carbocycles. The second kappa shape index (κ2) is 3.39. The lowest BCUT2D eigenvalue weighted by atomic mass is 9.81. The zero-order valence-electron chi connectivity index (χ0n) is 7.38. The molecule has 0 rings (SSSR count). The first-order chi connectivity index (χ1) is 4.92. The van der Waals surface area contributed by atoms with Crippen molar-refractivity contribution in [2.75, 3.05) is 0 Å². The van der Waals surface area contributed by atoms with E-state index in [-0.39, 0.29) is 11.8 Å². The molecule has 0 aliphatic rings. The number of carbonyl (C=O) groups excluding carboxylic acids is 1. The fraction of sp³-hybridized carbons (Fsp3) is 0.857. The summed E-state index contributed by atoms with van der Waals surface area (Å²) < 4.78 is 0. The van der Waals surface area contributed by atoms with Gasteiger partial charge in [-0.25, -0.2) is 0 Å². The molecule has 0 spiro atoms. The minimum absolute atomic E-state index is 0.209. The van der Waals surface area contributed by atoms with Crippen LogP contribution in [0.4, 0.5) is 0 Å². The van der Waals surface area contributed by atoms with E-state index >= 15 is 0 Å². The molecule has 0 saturated heterocycles. The Bertz CT molecular complexity index is 202. The van der Waals surface area contributed by atoms with Crippen LogP contribution in [0.1, 0.15) is 27.7 Å². The summed E-state index contributed by atoms with van der Waals surface area (Å²) in [6.45, 7) is 7.48. The topological polar surface area (TPSA) is 67.4 Å². The largest absolute Gasteiger partial charge is 0.335 e. The lowest BCUT2D eigenvalue weighted by Gasteiger charge is -2.21. The minimum atomic E-state index is -0.509. The number of amides is 1. The number of hydrogen-bond acceptors (Lipinski definition) is 2. The molecule has 0 aromatic rings. The highest BCUT2D eigenvalue weighted by atomic mass is 16.2. The van der Waals surface area contributed by atoms with Gasteiger partial charge >= 0.3 is 5.91 Å². The maximum absolute atomic E-state index is 11.1. The van der Waals surface area contributed by atoms with Crippen LogP contribution in [0.3, 0.4) is 0 Å². The van der Waals surface area contributed by atoms with Crippen LogP contribution in [-0.2, 0) is 4.79 Å². The quantitative estimate of drug-likeness (QED) is 0.480. The molecule has 4 nitrogen and oxygen atoms in total. The molecule has 4 heteroatoms. The molecular weight excluding hydrogens is 142 g/mol. The van der Waals surface area contributed by atoms with E-state index in [1.54, 1.807) is 13.8 Å². The first-order valence-corrected chi connectivity index (χ1v) is 3.54. The lowest BCUT2D eigenvalue weighted by molar-refractivity contribution is -0.128. The Kier molecular flexibility index (Phi) is 3.08. The molecule has 0 saturated carbocycles. The molecule has 0 bridgehead atoms. The summed E-state index contributed by atoms with van der Waals surface area (Å²) in [5.41, 5.74) is 5.88. The van der Waals surface area contributed by atoms with Crippen molar-refractivity contribution in [3.63, 3.8) is 0 Å². The van der Waals surface area contributed by atoms with Crippen molar-refractivity contribution in [1.29, 1.82) is 5.53 Å². The van der Waals surface area contributed by atoms with Crippen molar-refractivity contribution in [2.24, 2.45) is 16.4 Å². The van der Waals surface area contributed by atoms with Crippen molar-refractivity contribution in [3.8, 4) is 0 Å². The van der Waals surface area contributed by atoms with Gasteiger partial charge in [0.15, 0.2) is 5.11 Å². The maximum Gasteiger partial charge on any atom is 0.335 e. The normalized spacial score (nSPS) is 11.0. The van der Waals surface area contributed by atoms with E-state index in [1.807, 2.05) is 13.8 Å². The third-order valence-electron chi connectivity index (χ3n) is 2.14. The van der Waals surface area contributed by atoms with Gasteiger partial charge in [0.1, 0.15) is 5.53 Å². The van der Waals surface area contributed by atoms with Gasteiger partial charge in [0, 0.05) is 0 Å². The summed E-state index contributed by atoms with van der Waals surface area (Å²) in [5, 5.41) is 3.17. The SMILES string of the molecule is CC(C)C(C)(C)C(=O)N=[N+]=N. The smallest absolute Gasteiger partial charge is 0.264 e. The van der Waals surface area contributed by atoms with Crippen molar-refractivity contribution in [3.05, 3.63) is 0 Å². The molecule has 0 atom stereocenters. The van der Waals surface area contributed by atoms with E-state index in [0.29, 0.717) is 0 Å². The highest BCUT2D eigenvalue weighted by molar-refractivity contribution is 5.82. The summed E-state index contributed by atoms with van der Waals surface area (Å²) in [7, 11) is 0. The molecule has 0 aromatic carbocycles. The van der Waals surface area contributed by atoms with Gasteiger partial charge in [-0.1, -0.05) is 27.7 Å². The van der Waals surface area contributed by atoms with E-state index in [0.717, 1.165) is 0 Å². The number of carbonyl (C=O) groups is 1. The molecule has 0 aromatic heterocycles. The third-order valence-corrected chi connectivity index (χ3v) is 2.14. The molecule has 1 N–H and O–H groups in total. The van der Waals surface area contributed by atoms with E-state index in [2.05, 4.69) is 10.0 Å². The second-order valence-electron chi connectivity index (χ2n) is 3.38. The highest BCUT2D eigenvalue weighted by Gasteiger charge is 2.34. The first kappa shape index (κ1) is 9.98. The van der Waals surface area contributed by atoms with Crippen LogP contribution in [0.25, 0.3) is 0 Å². The molecule has 0 fully saturated rings. The summed E-state index contributed by atoms with van der Waals surface area (Å²) in [6, 6.07) is 0. The summed E-state index contributed by atoms with van der Waals surface area (Å²) in [5.74, 6) is -0.122. The zero-order valence-corrected chi connectivity index (χ0v) is 7.38. The van der Waals surface area contributed by atoms with Crippen LogP contribution in [0, 0.1) is 16.9 Å². The van der Waals surface area contributed by atoms with Crippen molar-refractivity contribution >= 4 is 5.91 Å². The Balaban J connectivity index is 4.55. The van der Waals surface area contributed by atoms with E-state index < -0.39 is 5.41 Å². The minimum Gasteiger partial charge on any atom is -0.264 e. The Labute approximate surface area is 66.2 Å². The number of nitrogens with one attached hydrogen (secondary N) is 1. The van der Waals surface area contributed by atoms with E-state index in [9.17, 15) is 4.79 Å². The van der Waals surface area contributed by atoms with Crippen molar-refractivity contribution in [2.45, 2.75) is 27.7 Å². The highest BCUT2D eigenvalue weighted by Crippen LogP contribution is 2.27. The van der Waals surface area contributed by atoms with E-state index in [4.69, 9.17) is 5.53 Å². The number of nitrogens with zero attached hydrogens (tertiary/aromatic N) is 2. The molecule has 0 radical (unpaired) electrons. The average molecular weight is 156 g/mol. The molecule has 0 aliphatic heterocycles. The molecular formula is C7H14N3O+. The average Bonchev–Trinajstić information content (AvgIpc) is 1.88. The molecule has 11 heavy (non-hydrogen) atoms. The Morgan fingerprint density at radius 2 is 2.00 bits per heavy atom. The van der Waals surface area contributed by atoms with Crippen LogP contribution < -0.4 is 4.91 Å². The van der Waals surface area contributed by atoms with Crippen LogP contribution in [0.15, 0.2) is 5.11 Å². The number of rotatable bonds is 2. The predicted molar refractivity (Wildman–Crippen MR) is 40.9 cm³/mol. The van der Waals surface area contributed by atoms with Crippen LogP contribution in [0.2, 0.25) is 0 Å².